The van der Waals surface area contributed by atoms with Crippen LogP contribution >= 0.6 is 22.6 Å². The van der Waals surface area contributed by atoms with E-state index in [1.54, 1.807) is 29.5 Å². The van der Waals surface area contributed by atoms with Crippen molar-refractivity contribution in [2.45, 2.75) is 6.92 Å². The van der Waals surface area contributed by atoms with Crippen LogP contribution in [0.25, 0.3) is 0 Å². The highest BCUT2D eigenvalue weighted by atomic mass is 127. The Bertz CT molecular complexity index is 237. The molecule has 0 saturated heterocycles. The van der Waals surface area contributed by atoms with Gasteiger partial charge in [0.2, 0.25) is 0 Å². The van der Waals surface area contributed by atoms with Crippen LogP contribution in [0.3, 0.4) is 0 Å². The molecule has 0 amide bonds. The molecule has 1 nitrogen and oxygen atoms in total. The quantitative estimate of drug-likeness (QED) is 0.703. The maximum Gasteiger partial charge on any atom is 0.140 e. The van der Waals surface area contributed by atoms with Crippen molar-refractivity contribution >= 4 is 22.6 Å². The van der Waals surface area contributed by atoms with E-state index in [-0.39, 0.29) is 15.1 Å². The Morgan fingerprint density at radius 1 is 1.50 bits per heavy atom. The maximum atomic E-state index is 12.7. The lowest BCUT2D eigenvalue weighted by atomic mass is 10.2. The summed E-state index contributed by atoms with van der Waals surface area (Å²) in [4.78, 5) is 0. The fourth-order valence-corrected chi connectivity index (χ4v) is 1.02. The number of phenolic OH excluding ortho intramolecular Hbond substituents is 1. The lowest BCUT2D eigenvalue weighted by Gasteiger charge is -1.98. The number of rotatable bonds is 0. The predicted molar refractivity (Wildman–Crippen MR) is 45.5 cm³/mol. The molecule has 1 aromatic carbocycles. The molecule has 0 spiro atoms. The average molecular weight is 252 g/mol. The van der Waals surface area contributed by atoms with Crippen LogP contribution in [0, 0.1) is 16.3 Å². The van der Waals surface area contributed by atoms with Crippen molar-refractivity contribution in [3.05, 3.63) is 27.1 Å². The Balaban J connectivity index is 3.31. The third-order valence-corrected chi connectivity index (χ3v) is 2.22. The first-order chi connectivity index (χ1) is 4.61. The zero-order chi connectivity index (χ0) is 7.72. The van der Waals surface area contributed by atoms with E-state index in [9.17, 15) is 4.39 Å². The first-order valence-electron chi connectivity index (χ1n) is 2.76. The molecule has 0 saturated carbocycles. The summed E-state index contributed by atoms with van der Waals surface area (Å²) in [5, 5.41) is 9.03. The van der Waals surface area contributed by atoms with E-state index in [0.717, 1.165) is 5.56 Å². The molecule has 0 atom stereocenters. The number of hydrogen-bond donors (Lipinski definition) is 1. The first kappa shape index (κ1) is 7.78. The summed E-state index contributed by atoms with van der Waals surface area (Å²) < 4.78 is 13.0. The monoisotopic (exact) mass is 252 g/mol. The van der Waals surface area contributed by atoms with Crippen molar-refractivity contribution in [3.8, 4) is 5.75 Å². The van der Waals surface area contributed by atoms with Gasteiger partial charge in [-0.3, -0.25) is 0 Å². The number of aryl methyl sites for hydroxylation is 1. The van der Waals surface area contributed by atoms with E-state index >= 15 is 0 Å². The van der Waals surface area contributed by atoms with E-state index in [4.69, 9.17) is 5.11 Å². The van der Waals surface area contributed by atoms with Crippen LogP contribution in [-0.4, -0.2) is 5.11 Å². The smallest absolute Gasteiger partial charge is 0.140 e. The molecule has 0 radical (unpaired) electrons. The molecule has 3 heteroatoms. The number of aromatic hydroxyl groups is 1. The summed E-state index contributed by atoms with van der Waals surface area (Å²) in [6.07, 6.45) is 0. The number of halogens is 2. The Labute approximate surface area is 72.0 Å². The van der Waals surface area contributed by atoms with E-state index in [0.29, 0.717) is 0 Å². The Kier molecular flexibility index (Phi) is 2.13. The van der Waals surface area contributed by atoms with Gasteiger partial charge in [-0.1, -0.05) is 0 Å². The van der Waals surface area contributed by atoms with Gasteiger partial charge in [0.15, 0.2) is 0 Å². The standard InChI is InChI=1S/C7H6FIO/c1-4-2-5(8)7(9)6(10)3-4/h2-3,10H,1H3. The molecule has 10 heavy (non-hydrogen) atoms. The minimum Gasteiger partial charge on any atom is -0.507 e. The van der Waals surface area contributed by atoms with E-state index < -0.39 is 0 Å². The van der Waals surface area contributed by atoms with Gasteiger partial charge >= 0.3 is 0 Å². The molecule has 54 valence electrons. The number of hydrogen-bond acceptors (Lipinski definition) is 1. The topological polar surface area (TPSA) is 20.2 Å². The van der Waals surface area contributed by atoms with Gasteiger partial charge in [-0.05, 0) is 47.2 Å². The third kappa shape index (κ3) is 1.39. The van der Waals surface area contributed by atoms with Crippen molar-refractivity contribution in [2.24, 2.45) is 0 Å². The third-order valence-electron chi connectivity index (χ3n) is 1.15. The van der Waals surface area contributed by atoms with Crippen LogP contribution in [0.4, 0.5) is 4.39 Å². The van der Waals surface area contributed by atoms with Gasteiger partial charge in [0.05, 0.1) is 3.57 Å². The summed E-state index contributed by atoms with van der Waals surface area (Å²) >= 11 is 1.76. The fourth-order valence-electron chi connectivity index (χ4n) is 0.706. The number of phenols is 1. The van der Waals surface area contributed by atoms with Crippen LogP contribution in [0.15, 0.2) is 12.1 Å². The molecule has 0 heterocycles. The summed E-state index contributed by atoms with van der Waals surface area (Å²) in [6.45, 7) is 1.74. The Morgan fingerprint density at radius 2 is 2.10 bits per heavy atom. The SMILES string of the molecule is Cc1cc(O)c(I)c(F)c1. The van der Waals surface area contributed by atoms with E-state index in [2.05, 4.69) is 0 Å². The summed E-state index contributed by atoms with van der Waals surface area (Å²) in [7, 11) is 0. The lowest BCUT2D eigenvalue weighted by molar-refractivity contribution is 0.463. The van der Waals surface area contributed by atoms with Gasteiger partial charge in [0.25, 0.3) is 0 Å². The highest BCUT2D eigenvalue weighted by Crippen LogP contribution is 2.23. The second kappa shape index (κ2) is 2.74. The van der Waals surface area contributed by atoms with Crippen molar-refractivity contribution in [2.75, 3.05) is 0 Å². The minimum atomic E-state index is -0.363. The molecule has 1 N–H and O–H groups in total. The molecule has 0 fully saturated rings. The lowest BCUT2D eigenvalue weighted by Crippen LogP contribution is -1.83. The molecular weight excluding hydrogens is 246 g/mol. The molecule has 0 aliphatic rings. The van der Waals surface area contributed by atoms with Crippen molar-refractivity contribution in [1.29, 1.82) is 0 Å². The normalized spacial score (nSPS) is 9.90. The molecule has 1 rings (SSSR count). The molecule has 0 unspecified atom stereocenters. The van der Waals surface area contributed by atoms with Gasteiger partial charge < -0.3 is 5.11 Å². The second-order valence-corrected chi connectivity index (χ2v) is 3.16. The minimum absolute atomic E-state index is 0.0121. The zero-order valence-electron chi connectivity index (χ0n) is 5.36. The fraction of sp³-hybridized carbons (Fsp3) is 0.143. The zero-order valence-corrected chi connectivity index (χ0v) is 7.52. The van der Waals surface area contributed by atoms with Crippen molar-refractivity contribution in [3.63, 3.8) is 0 Å². The molecular formula is C7H6FIO. The van der Waals surface area contributed by atoms with Crippen LogP contribution in [0.5, 0.6) is 5.75 Å². The Morgan fingerprint density at radius 3 is 2.60 bits per heavy atom. The Hall–Kier alpha value is -0.320. The van der Waals surface area contributed by atoms with Crippen molar-refractivity contribution < 1.29 is 9.50 Å². The van der Waals surface area contributed by atoms with Gasteiger partial charge in [-0.15, -0.1) is 0 Å². The predicted octanol–water partition coefficient (Wildman–Crippen LogP) is 2.44. The second-order valence-electron chi connectivity index (χ2n) is 2.08. The van der Waals surface area contributed by atoms with Gasteiger partial charge in [0.1, 0.15) is 11.6 Å². The van der Waals surface area contributed by atoms with Gasteiger partial charge in [-0.25, -0.2) is 4.39 Å². The van der Waals surface area contributed by atoms with E-state index in [1.165, 1.54) is 12.1 Å². The van der Waals surface area contributed by atoms with Gasteiger partial charge in [0, 0.05) is 0 Å². The van der Waals surface area contributed by atoms with E-state index in [1.807, 2.05) is 0 Å². The molecule has 0 aromatic heterocycles. The highest BCUT2D eigenvalue weighted by molar-refractivity contribution is 14.1. The summed E-state index contributed by atoms with van der Waals surface area (Å²) in [6, 6.07) is 2.92. The van der Waals surface area contributed by atoms with Gasteiger partial charge in [-0.2, -0.15) is 0 Å². The number of benzene rings is 1. The summed E-state index contributed by atoms with van der Waals surface area (Å²) in [5.74, 6) is -0.351. The van der Waals surface area contributed by atoms with Crippen molar-refractivity contribution in [1.82, 2.24) is 0 Å². The molecule has 1 aromatic rings. The maximum absolute atomic E-state index is 12.7. The molecule has 0 bridgehead atoms. The molecule has 0 aliphatic carbocycles. The molecule has 0 aliphatic heterocycles. The van der Waals surface area contributed by atoms with Crippen LogP contribution in [-0.2, 0) is 0 Å². The first-order valence-corrected chi connectivity index (χ1v) is 3.84. The van der Waals surface area contributed by atoms with Crippen LogP contribution < -0.4 is 0 Å². The largest absolute Gasteiger partial charge is 0.507 e. The highest BCUT2D eigenvalue weighted by Gasteiger charge is 2.03. The van der Waals surface area contributed by atoms with Crippen LogP contribution in [0.1, 0.15) is 5.56 Å². The van der Waals surface area contributed by atoms with Crippen LogP contribution in [0.2, 0.25) is 0 Å². The average Bonchev–Trinajstić information content (AvgIpc) is 1.82. The summed E-state index contributed by atoms with van der Waals surface area (Å²) in [5.41, 5.74) is 0.732.